The number of aromatic nitrogens is 2. The maximum absolute atomic E-state index is 13.7. The summed E-state index contributed by atoms with van der Waals surface area (Å²) in [7, 11) is 0. The largest absolute Gasteiger partial charge is 0.356 e. The summed E-state index contributed by atoms with van der Waals surface area (Å²) in [6.45, 7) is 7.17. The van der Waals surface area contributed by atoms with Crippen molar-refractivity contribution in [3.8, 4) is 0 Å². The van der Waals surface area contributed by atoms with Crippen molar-refractivity contribution in [3.63, 3.8) is 0 Å². The molecule has 7 heteroatoms. The van der Waals surface area contributed by atoms with Crippen LogP contribution in [0.1, 0.15) is 11.3 Å². The number of benzene rings is 1. The van der Waals surface area contributed by atoms with Crippen molar-refractivity contribution in [2.24, 2.45) is 11.8 Å². The number of para-hydroxylation sites is 1. The fraction of sp³-hybridized carbons (Fsp3) is 0.421. The number of hydrogen-bond donors (Lipinski definition) is 1. The van der Waals surface area contributed by atoms with E-state index in [1.54, 1.807) is 29.4 Å². The first-order chi connectivity index (χ1) is 12.5. The van der Waals surface area contributed by atoms with Crippen LogP contribution in [0.4, 0.5) is 20.7 Å². The van der Waals surface area contributed by atoms with E-state index in [9.17, 15) is 9.18 Å². The van der Waals surface area contributed by atoms with E-state index in [1.807, 2.05) is 13.8 Å². The number of nitrogens with zero attached hydrogens (tertiary/aromatic N) is 4. The molecular weight excluding hydrogens is 333 g/mol. The van der Waals surface area contributed by atoms with Gasteiger partial charge in [-0.25, -0.2) is 19.2 Å². The molecule has 2 fully saturated rings. The number of urea groups is 1. The van der Waals surface area contributed by atoms with E-state index in [-0.39, 0.29) is 11.7 Å². The average molecular weight is 355 g/mol. The van der Waals surface area contributed by atoms with Crippen molar-refractivity contribution in [2.75, 3.05) is 36.4 Å². The minimum atomic E-state index is -0.416. The van der Waals surface area contributed by atoms with E-state index in [0.29, 0.717) is 24.9 Å². The molecule has 26 heavy (non-hydrogen) atoms. The molecule has 2 unspecified atom stereocenters. The van der Waals surface area contributed by atoms with E-state index < -0.39 is 5.82 Å². The van der Waals surface area contributed by atoms with Gasteiger partial charge in [0.05, 0.1) is 5.69 Å². The molecule has 0 bridgehead atoms. The van der Waals surface area contributed by atoms with Gasteiger partial charge in [-0.05, 0) is 26.0 Å². The lowest BCUT2D eigenvalue weighted by Crippen LogP contribution is -2.36. The third-order valence-electron chi connectivity index (χ3n) is 5.50. The molecule has 3 heterocycles. The third kappa shape index (κ3) is 2.98. The molecule has 0 spiro atoms. The number of likely N-dealkylation sites (tertiary alicyclic amines) is 1. The van der Waals surface area contributed by atoms with Crippen LogP contribution in [0.25, 0.3) is 0 Å². The summed E-state index contributed by atoms with van der Waals surface area (Å²) < 4.78 is 13.7. The van der Waals surface area contributed by atoms with Gasteiger partial charge in [0.15, 0.2) is 0 Å². The molecule has 2 atom stereocenters. The Morgan fingerprint density at radius 1 is 1.12 bits per heavy atom. The number of halogens is 1. The van der Waals surface area contributed by atoms with Gasteiger partial charge in [-0.2, -0.15) is 0 Å². The molecule has 0 saturated carbocycles. The second-order valence-corrected chi connectivity index (χ2v) is 7.15. The molecule has 2 amide bonds. The highest BCUT2D eigenvalue weighted by molar-refractivity contribution is 5.89. The predicted molar refractivity (Wildman–Crippen MR) is 97.7 cm³/mol. The van der Waals surface area contributed by atoms with E-state index in [0.717, 1.165) is 30.2 Å². The monoisotopic (exact) mass is 355 g/mol. The first-order valence-corrected chi connectivity index (χ1v) is 8.86. The highest BCUT2D eigenvalue weighted by Crippen LogP contribution is 2.34. The molecule has 2 aliphatic heterocycles. The Morgan fingerprint density at radius 3 is 2.50 bits per heavy atom. The van der Waals surface area contributed by atoms with Crippen molar-refractivity contribution in [3.05, 3.63) is 47.7 Å². The number of rotatable bonds is 2. The van der Waals surface area contributed by atoms with Gasteiger partial charge in [-0.3, -0.25) is 0 Å². The van der Waals surface area contributed by atoms with Crippen LogP contribution in [0, 0.1) is 31.5 Å². The third-order valence-corrected chi connectivity index (χ3v) is 5.50. The van der Waals surface area contributed by atoms with Gasteiger partial charge in [0.25, 0.3) is 0 Å². The molecule has 0 aliphatic carbocycles. The standard InChI is InChI=1S/C19H22FN5O/c1-12-13(2)21-11-22-18(12)24-7-14-9-25(10-15(14)8-24)19(26)23-17-6-4-3-5-16(17)20/h3-6,11,14-15H,7-10H2,1-2H3,(H,23,26). The molecule has 136 valence electrons. The summed E-state index contributed by atoms with van der Waals surface area (Å²) in [5, 5.41) is 2.68. The Kier molecular flexibility index (Phi) is 4.22. The van der Waals surface area contributed by atoms with Crippen LogP contribution in [0.2, 0.25) is 0 Å². The van der Waals surface area contributed by atoms with Crippen molar-refractivity contribution in [1.29, 1.82) is 0 Å². The van der Waals surface area contributed by atoms with E-state index >= 15 is 0 Å². The molecule has 6 nitrogen and oxygen atoms in total. The number of anilines is 2. The average Bonchev–Trinajstić information content (AvgIpc) is 3.18. The van der Waals surface area contributed by atoms with Gasteiger partial charge in [0.2, 0.25) is 0 Å². The minimum absolute atomic E-state index is 0.225. The predicted octanol–water partition coefficient (Wildman–Crippen LogP) is 2.83. The van der Waals surface area contributed by atoms with Gasteiger partial charge in [0.1, 0.15) is 18.0 Å². The Labute approximate surface area is 152 Å². The molecule has 1 aromatic heterocycles. The summed E-state index contributed by atoms with van der Waals surface area (Å²) in [6, 6.07) is 6.01. The van der Waals surface area contributed by atoms with Crippen LogP contribution in [0.3, 0.4) is 0 Å². The van der Waals surface area contributed by atoms with E-state index in [2.05, 4.69) is 20.2 Å². The van der Waals surface area contributed by atoms with Crippen LogP contribution >= 0.6 is 0 Å². The van der Waals surface area contributed by atoms with Gasteiger partial charge in [-0.1, -0.05) is 12.1 Å². The topological polar surface area (TPSA) is 61.4 Å². The van der Waals surface area contributed by atoms with Gasteiger partial charge >= 0.3 is 6.03 Å². The maximum Gasteiger partial charge on any atom is 0.321 e. The summed E-state index contributed by atoms with van der Waals surface area (Å²) in [6.07, 6.45) is 1.61. The van der Waals surface area contributed by atoms with Crippen LogP contribution in [-0.2, 0) is 0 Å². The Bertz CT molecular complexity index is 828. The molecule has 2 aromatic rings. The lowest BCUT2D eigenvalue weighted by molar-refractivity contribution is 0.219. The smallest absolute Gasteiger partial charge is 0.321 e. The zero-order valence-corrected chi connectivity index (χ0v) is 14.9. The summed E-state index contributed by atoms with van der Waals surface area (Å²) in [4.78, 5) is 25.2. The second kappa shape index (κ2) is 6.55. The quantitative estimate of drug-likeness (QED) is 0.900. The molecule has 2 saturated heterocycles. The number of amides is 2. The fourth-order valence-corrected chi connectivity index (χ4v) is 3.93. The number of aryl methyl sites for hydroxylation is 1. The first kappa shape index (κ1) is 16.8. The zero-order valence-electron chi connectivity index (χ0n) is 14.9. The molecule has 0 radical (unpaired) electrons. The summed E-state index contributed by atoms with van der Waals surface area (Å²) in [5.74, 6) is 1.40. The minimum Gasteiger partial charge on any atom is -0.356 e. The normalized spacial score (nSPS) is 21.8. The van der Waals surface area contributed by atoms with Crippen LogP contribution < -0.4 is 10.2 Å². The Balaban J connectivity index is 1.40. The molecule has 1 N–H and O–H groups in total. The van der Waals surface area contributed by atoms with Crippen LogP contribution in [0.15, 0.2) is 30.6 Å². The Morgan fingerprint density at radius 2 is 1.81 bits per heavy atom. The number of fused-ring (bicyclic) bond motifs is 1. The maximum atomic E-state index is 13.7. The second-order valence-electron chi connectivity index (χ2n) is 7.15. The molecule has 2 aliphatic rings. The van der Waals surface area contributed by atoms with Crippen LogP contribution in [-0.4, -0.2) is 47.1 Å². The van der Waals surface area contributed by atoms with E-state index in [1.165, 1.54) is 6.07 Å². The Hall–Kier alpha value is -2.70. The van der Waals surface area contributed by atoms with Crippen molar-refractivity contribution < 1.29 is 9.18 Å². The van der Waals surface area contributed by atoms with Crippen molar-refractivity contribution in [1.82, 2.24) is 14.9 Å². The SMILES string of the molecule is Cc1ncnc(N2CC3CN(C(=O)Nc4ccccc4F)CC3C2)c1C. The molecular formula is C19H22FN5O. The fourth-order valence-electron chi connectivity index (χ4n) is 3.93. The van der Waals surface area contributed by atoms with Gasteiger partial charge < -0.3 is 15.1 Å². The van der Waals surface area contributed by atoms with Crippen LogP contribution in [0.5, 0.6) is 0 Å². The van der Waals surface area contributed by atoms with Crippen molar-refractivity contribution >= 4 is 17.5 Å². The molecule has 4 rings (SSSR count). The highest BCUT2D eigenvalue weighted by atomic mass is 19.1. The van der Waals surface area contributed by atoms with E-state index in [4.69, 9.17) is 0 Å². The lowest BCUT2D eigenvalue weighted by atomic mass is 10.0. The summed E-state index contributed by atoms with van der Waals surface area (Å²) in [5.41, 5.74) is 2.34. The number of carbonyl (C=O) groups is 1. The van der Waals surface area contributed by atoms with Gasteiger partial charge in [0, 0.05) is 49.3 Å². The van der Waals surface area contributed by atoms with Crippen molar-refractivity contribution in [2.45, 2.75) is 13.8 Å². The summed E-state index contributed by atoms with van der Waals surface area (Å²) >= 11 is 0. The zero-order chi connectivity index (χ0) is 18.3. The number of nitrogens with one attached hydrogen (secondary N) is 1. The number of hydrogen-bond acceptors (Lipinski definition) is 4. The molecule has 1 aromatic carbocycles. The highest BCUT2D eigenvalue weighted by Gasteiger charge is 2.42. The lowest BCUT2D eigenvalue weighted by Gasteiger charge is -2.24. The van der Waals surface area contributed by atoms with Gasteiger partial charge in [-0.15, -0.1) is 0 Å². The first-order valence-electron chi connectivity index (χ1n) is 8.86. The number of carbonyl (C=O) groups excluding carboxylic acids is 1.